The summed E-state index contributed by atoms with van der Waals surface area (Å²) in [6, 6.07) is 7.21. The van der Waals surface area contributed by atoms with Crippen LogP contribution in [-0.2, 0) is 14.3 Å². The van der Waals surface area contributed by atoms with Gasteiger partial charge in [0.05, 0.1) is 12.7 Å². The first-order valence-corrected chi connectivity index (χ1v) is 8.64. The van der Waals surface area contributed by atoms with Crippen molar-refractivity contribution in [3.05, 3.63) is 54.1 Å². The average Bonchev–Trinajstić information content (AvgIpc) is 2.60. The minimum absolute atomic E-state index is 0.0660. The average molecular weight is 346 g/mol. The topological polar surface area (TPSA) is 76.0 Å². The number of aliphatic carboxylic acids is 1. The first-order valence-electron chi connectivity index (χ1n) is 8.64. The van der Waals surface area contributed by atoms with E-state index in [1.54, 1.807) is 12.1 Å². The molecule has 0 spiro atoms. The third-order valence-corrected chi connectivity index (χ3v) is 4.16. The molecule has 2 N–H and O–H groups in total. The Morgan fingerprint density at radius 3 is 2.76 bits per heavy atom. The number of phenolic OH excluding ortho intramolecular Hbond substituents is 1. The van der Waals surface area contributed by atoms with E-state index in [1.165, 1.54) is 0 Å². The molecule has 3 atom stereocenters. The molecule has 1 aliphatic heterocycles. The van der Waals surface area contributed by atoms with Gasteiger partial charge >= 0.3 is 5.97 Å². The summed E-state index contributed by atoms with van der Waals surface area (Å²) < 4.78 is 11.9. The molecule has 1 aliphatic rings. The smallest absolute Gasteiger partial charge is 0.303 e. The first-order chi connectivity index (χ1) is 12.1. The molecule has 5 nitrogen and oxygen atoms in total. The highest BCUT2D eigenvalue weighted by molar-refractivity contribution is 5.66. The van der Waals surface area contributed by atoms with E-state index in [2.05, 4.69) is 0 Å². The quantitative estimate of drug-likeness (QED) is 0.690. The number of carboxylic acid groups (broad SMARTS) is 1. The Morgan fingerprint density at radius 2 is 2.04 bits per heavy atom. The third-order valence-electron chi connectivity index (χ3n) is 4.16. The van der Waals surface area contributed by atoms with E-state index in [4.69, 9.17) is 14.6 Å². The highest BCUT2D eigenvalue weighted by Gasteiger charge is 2.33. The molecule has 25 heavy (non-hydrogen) atoms. The van der Waals surface area contributed by atoms with Crippen LogP contribution in [0.5, 0.6) is 5.75 Å². The van der Waals surface area contributed by atoms with Crippen LogP contribution < -0.4 is 0 Å². The molecule has 0 aromatic heterocycles. The van der Waals surface area contributed by atoms with Crippen molar-refractivity contribution in [3.8, 4) is 5.75 Å². The molecule has 1 aromatic carbocycles. The van der Waals surface area contributed by atoms with Crippen molar-refractivity contribution in [2.75, 3.05) is 6.61 Å². The van der Waals surface area contributed by atoms with Gasteiger partial charge in [-0.15, -0.1) is 0 Å². The number of ether oxygens (including phenoxy) is 2. The highest BCUT2D eigenvalue weighted by atomic mass is 16.7. The number of hydrogen-bond acceptors (Lipinski definition) is 4. The molecule has 0 amide bonds. The van der Waals surface area contributed by atoms with Gasteiger partial charge in [0.1, 0.15) is 5.75 Å². The van der Waals surface area contributed by atoms with Gasteiger partial charge in [-0.1, -0.05) is 42.5 Å². The van der Waals surface area contributed by atoms with E-state index < -0.39 is 5.97 Å². The van der Waals surface area contributed by atoms with Crippen LogP contribution >= 0.6 is 0 Å². The zero-order valence-corrected chi connectivity index (χ0v) is 14.5. The largest absolute Gasteiger partial charge is 0.508 e. The summed E-state index contributed by atoms with van der Waals surface area (Å²) in [4.78, 5) is 10.6. The fraction of sp³-hybridized carbons (Fsp3) is 0.450. The van der Waals surface area contributed by atoms with Gasteiger partial charge in [-0.2, -0.15) is 0 Å². The number of carbonyl (C=O) groups is 1. The summed E-state index contributed by atoms with van der Waals surface area (Å²) >= 11 is 0. The summed E-state index contributed by atoms with van der Waals surface area (Å²) in [6.07, 6.45) is 9.23. The number of benzene rings is 1. The van der Waals surface area contributed by atoms with Gasteiger partial charge in [0.15, 0.2) is 6.29 Å². The fourth-order valence-corrected chi connectivity index (χ4v) is 2.85. The van der Waals surface area contributed by atoms with Crippen LogP contribution in [0, 0.1) is 5.92 Å². The van der Waals surface area contributed by atoms with Crippen molar-refractivity contribution in [1.82, 2.24) is 0 Å². The van der Waals surface area contributed by atoms with Crippen molar-refractivity contribution in [2.24, 2.45) is 5.92 Å². The minimum Gasteiger partial charge on any atom is -0.508 e. The number of carboxylic acids is 1. The molecule has 5 heteroatoms. The zero-order valence-electron chi connectivity index (χ0n) is 14.5. The highest BCUT2D eigenvalue weighted by Crippen LogP contribution is 2.39. The Kier molecular flexibility index (Phi) is 7.70. The van der Waals surface area contributed by atoms with Gasteiger partial charge < -0.3 is 19.7 Å². The van der Waals surface area contributed by atoms with Gasteiger partial charge in [0, 0.05) is 24.3 Å². The summed E-state index contributed by atoms with van der Waals surface area (Å²) in [5, 5.41) is 18.9. The number of phenols is 1. The molecule has 136 valence electrons. The van der Waals surface area contributed by atoms with Crippen molar-refractivity contribution in [3.63, 3.8) is 0 Å². The Labute approximate surface area is 148 Å². The molecule has 0 saturated carbocycles. The Hall–Kier alpha value is -2.11. The van der Waals surface area contributed by atoms with E-state index >= 15 is 0 Å². The zero-order chi connectivity index (χ0) is 18.1. The van der Waals surface area contributed by atoms with Crippen LogP contribution in [0.1, 0.15) is 44.3 Å². The van der Waals surface area contributed by atoms with E-state index in [-0.39, 0.29) is 30.5 Å². The van der Waals surface area contributed by atoms with E-state index in [1.807, 2.05) is 43.4 Å². The Bertz CT molecular complexity index is 608. The summed E-state index contributed by atoms with van der Waals surface area (Å²) in [5.41, 5.74) is 0.764. The fourth-order valence-electron chi connectivity index (χ4n) is 2.85. The van der Waals surface area contributed by atoms with E-state index in [0.29, 0.717) is 25.9 Å². The number of hydrogen-bond donors (Lipinski definition) is 2. The maximum atomic E-state index is 10.6. The van der Waals surface area contributed by atoms with Gasteiger partial charge in [0.2, 0.25) is 0 Å². The van der Waals surface area contributed by atoms with Crippen LogP contribution in [0.15, 0.2) is 48.6 Å². The van der Waals surface area contributed by atoms with E-state index in [0.717, 1.165) is 5.56 Å². The number of rotatable bonds is 8. The lowest BCUT2D eigenvalue weighted by molar-refractivity contribution is -0.237. The van der Waals surface area contributed by atoms with Crippen LogP contribution in [0.25, 0.3) is 0 Å². The monoisotopic (exact) mass is 346 g/mol. The molecule has 0 unspecified atom stereocenters. The molecule has 0 radical (unpaired) electrons. The van der Waals surface area contributed by atoms with Crippen LogP contribution in [0.2, 0.25) is 0 Å². The SMILES string of the molecule is C/C=C/C[C@H]1OC[C@@H](C/C=C\CCC(=O)O)[C@@H](c2ccccc2O)O1. The summed E-state index contributed by atoms with van der Waals surface area (Å²) in [6.45, 7) is 2.48. The maximum Gasteiger partial charge on any atom is 0.303 e. The minimum atomic E-state index is -0.798. The Balaban J connectivity index is 2.05. The molecule has 1 aromatic rings. The second-order valence-electron chi connectivity index (χ2n) is 6.08. The van der Waals surface area contributed by atoms with Gasteiger partial charge in [-0.25, -0.2) is 0 Å². The predicted octanol–water partition coefficient (Wildman–Crippen LogP) is 4.20. The van der Waals surface area contributed by atoms with Crippen molar-refractivity contribution in [1.29, 1.82) is 0 Å². The standard InChI is InChI=1S/C20H26O5/c1-2-3-13-19-24-14-15(9-5-4-6-12-18(22)23)20(25-19)16-10-7-8-11-17(16)21/h2-5,7-8,10-11,15,19-21H,6,9,12-14H2,1H3,(H,22,23)/b3-2+,5-4-/t15-,19+,20+/m1/s1. The molecular weight excluding hydrogens is 320 g/mol. The van der Waals surface area contributed by atoms with Gasteiger partial charge in [0.25, 0.3) is 0 Å². The van der Waals surface area contributed by atoms with Gasteiger partial charge in [-0.3, -0.25) is 4.79 Å². The second kappa shape index (κ2) is 10.0. The normalized spacial score (nSPS) is 24.1. The third kappa shape index (κ3) is 6.03. The first kappa shape index (κ1) is 19.2. The Morgan fingerprint density at radius 1 is 1.24 bits per heavy atom. The second-order valence-corrected chi connectivity index (χ2v) is 6.08. The van der Waals surface area contributed by atoms with Crippen molar-refractivity contribution in [2.45, 2.75) is 45.0 Å². The predicted molar refractivity (Wildman–Crippen MR) is 95.2 cm³/mol. The molecule has 0 bridgehead atoms. The van der Waals surface area contributed by atoms with Crippen LogP contribution in [0.4, 0.5) is 0 Å². The number of allylic oxidation sites excluding steroid dienone is 3. The lowest BCUT2D eigenvalue weighted by atomic mass is 9.91. The summed E-state index contributed by atoms with van der Waals surface area (Å²) in [7, 11) is 0. The molecule has 1 saturated heterocycles. The number of aromatic hydroxyl groups is 1. The van der Waals surface area contributed by atoms with Crippen molar-refractivity contribution >= 4 is 5.97 Å². The van der Waals surface area contributed by atoms with Crippen molar-refractivity contribution < 1.29 is 24.5 Å². The number of para-hydroxylation sites is 1. The van der Waals surface area contributed by atoms with E-state index in [9.17, 15) is 9.90 Å². The van der Waals surface area contributed by atoms with Gasteiger partial charge in [-0.05, 0) is 25.8 Å². The lowest BCUT2D eigenvalue weighted by Crippen LogP contribution is -2.34. The molecule has 2 rings (SSSR count). The molecular formula is C20H26O5. The maximum absolute atomic E-state index is 10.6. The molecule has 1 fully saturated rings. The molecule has 1 heterocycles. The molecule has 0 aliphatic carbocycles. The lowest BCUT2D eigenvalue weighted by Gasteiger charge is -2.36. The van der Waals surface area contributed by atoms with Crippen LogP contribution in [-0.4, -0.2) is 29.1 Å². The van der Waals surface area contributed by atoms with Crippen LogP contribution in [0.3, 0.4) is 0 Å². The summed E-state index contributed by atoms with van der Waals surface area (Å²) in [5.74, 6) is -0.511.